The number of hydrogen-bond donors (Lipinski definition) is 0. The zero-order chi connectivity index (χ0) is 36.2. The lowest BCUT2D eigenvalue weighted by molar-refractivity contribution is -0.201. The van der Waals surface area contributed by atoms with Crippen molar-refractivity contribution in [2.75, 3.05) is 6.61 Å². The normalized spacial score (nSPS) is 23.3. The summed E-state index contributed by atoms with van der Waals surface area (Å²) in [5, 5.41) is -0.453. The van der Waals surface area contributed by atoms with E-state index in [1.807, 2.05) is 32.0 Å². The molecule has 12 heteroatoms. The topological polar surface area (TPSA) is 64.0 Å². The second-order valence-electron chi connectivity index (χ2n) is 17.8. The van der Waals surface area contributed by atoms with Crippen molar-refractivity contribution in [1.29, 1.82) is 0 Å². The quantitative estimate of drug-likeness (QED) is 0.178. The molecule has 0 spiro atoms. The van der Waals surface area contributed by atoms with Crippen molar-refractivity contribution in [3.8, 4) is 11.6 Å². The van der Waals surface area contributed by atoms with Crippen LogP contribution in [0.15, 0.2) is 30.5 Å². The fourth-order valence-electron chi connectivity index (χ4n) is 4.55. The maximum absolute atomic E-state index is 17.9. The lowest BCUT2D eigenvalue weighted by atomic mass is 10.1. The standard InChI is InChI=1S/C35H61FN2O5SSi3/c1-24-19-18-20-25(2)27(24)40-26-21-22-38(31(44)37-26)30-28(42-46(14,15)33(6,7)8)29(43-47(16,17)34(9,10)11)35(36,41-30)23-39-45(12,13)32(3,4)5/h18-22,28-30H,23H2,1-17H3/t28?,29?,30-,35-/m1/s1. The Labute approximate surface area is 292 Å². The lowest BCUT2D eigenvalue weighted by Gasteiger charge is -2.45. The summed E-state index contributed by atoms with van der Waals surface area (Å²) in [7, 11) is -7.39. The van der Waals surface area contributed by atoms with Crippen LogP contribution in [0.2, 0.25) is 54.4 Å². The Morgan fingerprint density at radius 1 is 0.830 bits per heavy atom. The Bertz CT molecular complexity index is 1460. The minimum absolute atomic E-state index is 0.119. The van der Waals surface area contributed by atoms with E-state index in [1.54, 1.807) is 16.8 Å². The van der Waals surface area contributed by atoms with E-state index >= 15 is 4.39 Å². The first-order valence-corrected chi connectivity index (χ1v) is 25.9. The first-order valence-electron chi connectivity index (χ1n) is 16.7. The van der Waals surface area contributed by atoms with Crippen LogP contribution in [0.3, 0.4) is 0 Å². The van der Waals surface area contributed by atoms with Crippen LogP contribution in [-0.4, -0.2) is 59.2 Å². The molecular weight excluding hydrogens is 664 g/mol. The van der Waals surface area contributed by atoms with Crippen molar-refractivity contribution >= 4 is 37.2 Å². The highest BCUT2D eigenvalue weighted by atomic mass is 32.1. The number of benzene rings is 1. The van der Waals surface area contributed by atoms with E-state index in [0.29, 0.717) is 5.88 Å². The fraction of sp³-hybridized carbons (Fsp3) is 0.714. The predicted octanol–water partition coefficient (Wildman–Crippen LogP) is 11.0. The molecule has 0 radical (unpaired) electrons. The molecule has 0 aliphatic carbocycles. The molecule has 2 heterocycles. The average Bonchev–Trinajstić information content (AvgIpc) is 3.14. The minimum atomic E-state index is -2.54. The number of aryl methyl sites for hydroxylation is 2. The van der Waals surface area contributed by atoms with Crippen molar-refractivity contribution in [2.45, 2.75) is 155 Å². The van der Waals surface area contributed by atoms with E-state index in [-0.39, 0.29) is 26.5 Å². The molecule has 266 valence electrons. The summed E-state index contributed by atoms with van der Waals surface area (Å²) >= 11 is 5.85. The van der Waals surface area contributed by atoms with Crippen LogP contribution < -0.4 is 4.74 Å². The van der Waals surface area contributed by atoms with Gasteiger partial charge in [0.1, 0.15) is 18.0 Å². The lowest BCUT2D eigenvalue weighted by Crippen LogP contribution is -2.57. The van der Waals surface area contributed by atoms with Crippen LogP contribution in [0.5, 0.6) is 11.6 Å². The monoisotopic (exact) mass is 724 g/mol. The maximum atomic E-state index is 17.9. The summed E-state index contributed by atoms with van der Waals surface area (Å²) in [5.41, 5.74) is 1.98. The maximum Gasteiger partial charge on any atom is 0.261 e. The van der Waals surface area contributed by atoms with Gasteiger partial charge < -0.3 is 22.8 Å². The van der Waals surface area contributed by atoms with Gasteiger partial charge in [0.15, 0.2) is 31.2 Å². The van der Waals surface area contributed by atoms with Gasteiger partial charge in [0, 0.05) is 12.3 Å². The Kier molecular flexibility index (Phi) is 11.5. The van der Waals surface area contributed by atoms with Gasteiger partial charge in [-0.2, -0.15) is 4.98 Å². The second-order valence-corrected chi connectivity index (χ2v) is 32.5. The van der Waals surface area contributed by atoms with Crippen LogP contribution >= 0.6 is 12.2 Å². The molecule has 3 rings (SSSR count). The van der Waals surface area contributed by atoms with E-state index in [2.05, 4.69) is 107 Å². The Morgan fingerprint density at radius 2 is 1.32 bits per heavy atom. The molecule has 1 aromatic carbocycles. The van der Waals surface area contributed by atoms with Gasteiger partial charge >= 0.3 is 0 Å². The molecule has 2 aromatic rings. The summed E-state index contributed by atoms with van der Waals surface area (Å²) in [6, 6.07) is 7.71. The SMILES string of the molecule is Cc1cccc(C)c1Oc1ccn([C@@H]2O[C@](F)(CO[Si](C)(C)C(C)(C)C)C(O[Si](C)(C)C(C)(C)C)C2O[Si](C)(C)C(C)(C)C)c(=S)n1. The van der Waals surface area contributed by atoms with Crippen LogP contribution in [-0.2, 0) is 18.0 Å². The fourth-order valence-corrected chi connectivity index (χ4v) is 8.37. The smallest absolute Gasteiger partial charge is 0.261 e. The van der Waals surface area contributed by atoms with E-state index in [1.165, 1.54) is 0 Å². The molecule has 47 heavy (non-hydrogen) atoms. The second kappa shape index (κ2) is 13.5. The molecule has 2 unspecified atom stereocenters. The molecule has 1 aliphatic heterocycles. The van der Waals surface area contributed by atoms with Crippen molar-refractivity contribution in [3.05, 3.63) is 46.4 Å². The Balaban J connectivity index is 2.18. The van der Waals surface area contributed by atoms with E-state index < -0.39 is 49.2 Å². The number of aromatic nitrogens is 2. The number of rotatable bonds is 10. The van der Waals surface area contributed by atoms with E-state index in [4.69, 9.17) is 35.0 Å². The molecule has 0 bridgehead atoms. The summed E-state index contributed by atoms with van der Waals surface area (Å²) in [5.74, 6) is -1.22. The van der Waals surface area contributed by atoms with Gasteiger partial charge in [-0.25, -0.2) is 4.39 Å². The van der Waals surface area contributed by atoms with Gasteiger partial charge in [0.25, 0.3) is 5.85 Å². The molecular formula is C35H61FN2O5SSi3. The van der Waals surface area contributed by atoms with Gasteiger partial charge in [-0.3, -0.25) is 4.57 Å². The van der Waals surface area contributed by atoms with Gasteiger partial charge in [-0.15, -0.1) is 0 Å². The third-order valence-electron chi connectivity index (χ3n) is 10.9. The molecule has 0 saturated carbocycles. The summed E-state index contributed by atoms with van der Waals surface area (Å²) in [6.07, 6.45) is -1.05. The van der Waals surface area contributed by atoms with Gasteiger partial charge in [0.05, 0.1) is 6.61 Å². The highest BCUT2D eigenvalue weighted by Crippen LogP contribution is 2.50. The molecule has 1 aromatic heterocycles. The minimum Gasteiger partial charge on any atom is -0.438 e. The summed E-state index contributed by atoms with van der Waals surface area (Å²) in [4.78, 5) is 4.63. The largest absolute Gasteiger partial charge is 0.438 e. The highest BCUT2D eigenvalue weighted by Gasteiger charge is 2.63. The van der Waals surface area contributed by atoms with Crippen LogP contribution in [0.4, 0.5) is 4.39 Å². The number of halogens is 1. The third kappa shape index (κ3) is 8.73. The first-order chi connectivity index (χ1) is 21.0. The van der Waals surface area contributed by atoms with E-state index in [0.717, 1.165) is 16.9 Å². The van der Waals surface area contributed by atoms with Crippen LogP contribution in [0.25, 0.3) is 0 Å². The predicted molar refractivity (Wildman–Crippen MR) is 200 cm³/mol. The van der Waals surface area contributed by atoms with Crippen molar-refractivity contribution in [2.24, 2.45) is 0 Å². The molecule has 1 fully saturated rings. The number of para-hydroxylation sites is 1. The zero-order valence-electron chi connectivity index (χ0n) is 32.0. The zero-order valence-corrected chi connectivity index (χ0v) is 35.9. The number of nitrogens with zero attached hydrogens (tertiary/aromatic N) is 2. The summed E-state index contributed by atoms with van der Waals surface area (Å²) < 4.78 is 53.1. The Morgan fingerprint density at radius 3 is 1.79 bits per heavy atom. The molecule has 0 amide bonds. The van der Waals surface area contributed by atoms with Crippen molar-refractivity contribution in [3.63, 3.8) is 0 Å². The van der Waals surface area contributed by atoms with Gasteiger partial charge in [-0.1, -0.05) is 80.5 Å². The molecule has 1 saturated heterocycles. The van der Waals surface area contributed by atoms with Gasteiger partial charge in [-0.05, 0) is 91.6 Å². The summed E-state index contributed by atoms with van der Waals surface area (Å²) in [6.45, 7) is 35.9. The van der Waals surface area contributed by atoms with E-state index in [9.17, 15) is 0 Å². The highest BCUT2D eigenvalue weighted by molar-refractivity contribution is 7.71. The van der Waals surface area contributed by atoms with Crippen molar-refractivity contribution in [1.82, 2.24) is 9.55 Å². The first kappa shape index (κ1) is 40.2. The van der Waals surface area contributed by atoms with Crippen molar-refractivity contribution < 1.29 is 27.1 Å². The molecule has 0 N–H and O–H groups in total. The Hall–Kier alpha value is -1.26. The molecule has 7 nitrogen and oxygen atoms in total. The van der Waals surface area contributed by atoms with Crippen LogP contribution in [0.1, 0.15) is 79.7 Å². The average molecular weight is 725 g/mol. The number of ether oxygens (including phenoxy) is 2. The number of hydrogen-bond acceptors (Lipinski definition) is 7. The molecule has 4 atom stereocenters. The third-order valence-corrected chi connectivity index (χ3v) is 24.6. The number of alkyl halides is 1. The van der Waals surface area contributed by atoms with Crippen LogP contribution in [0, 0.1) is 18.6 Å². The molecule has 1 aliphatic rings. The van der Waals surface area contributed by atoms with Gasteiger partial charge in [0.2, 0.25) is 10.7 Å².